The van der Waals surface area contributed by atoms with E-state index in [9.17, 15) is 22.4 Å². The fraction of sp³-hybridized carbons (Fsp3) is 0.417. The van der Waals surface area contributed by atoms with E-state index in [1.54, 1.807) is 30.3 Å². The van der Waals surface area contributed by atoms with Crippen molar-refractivity contribution < 1.29 is 22.4 Å². The van der Waals surface area contributed by atoms with Crippen molar-refractivity contribution in [3.63, 3.8) is 0 Å². The minimum Gasteiger partial charge on any atom is -0.322 e. The van der Waals surface area contributed by atoms with E-state index < -0.39 is 30.8 Å². The van der Waals surface area contributed by atoms with Gasteiger partial charge in [-0.05, 0) is 5.56 Å². The van der Waals surface area contributed by atoms with E-state index in [0.29, 0.717) is 10.5 Å². The smallest absolute Gasteiger partial charge is 0.322 e. The van der Waals surface area contributed by atoms with Crippen molar-refractivity contribution in [1.29, 1.82) is 0 Å². The van der Waals surface area contributed by atoms with Gasteiger partial charge in [0.1, 0.15) is 6.04 Å². The summed E-state index contributed by atoms with van der Waals surface area (Å²) in [5.74, 6) is -4.81. The van der Waals surface area contributed by atoms with Crippen LogP contribution in [-0.4, -0.2) is 36.4 Å². The number of alkyl halides is 4. The van der Waals surface area contributed by atoms with E-state index in [1.807, 2.05) is 0 Å². The summed E-state index contributed by atoms with van der Waals surface area (Å²) in [7, 11) is 0. The zero-order valence-electron chi connectivity index (χ0n) is 9.82. The highest BCUT2D eigenvalue weighted by molar-refractivity contribution is 5.85. The van der Waals surface area contributed by atoms with Crippen molar-refractivity contribution in [2.75, 3.05) is 13.2 Å². The largest absolute Gasteiger partial charge is 0.324 e. The molecule has 3 nitrogen and oxygen atoms in total. The van der Waals surface area contributed by atoms with E-state index in [4.69, 9.17) is 0 Å². The second-order valence-corrected chi connectivity index (χ2v) is 4.30. The Morgan fingerprint density at radius 1 is 1.32 bits per heavy atom. The predicted octanol–water partition coefficient (Wildman–Crippen LogP) is 2.02. The molecule has 7 heteroatoms. The van der Waals surface area contributed by atoms with E-state index in [0.717, 1.165) is 0 Å². The second-order valence-electron chi connectivity index (χ2n) is 4.30. The number of benzene rings is 1. The number of rotatable bonds is 4. The summed E-state index contributed by atoms with van der Waals surface area (Å²) in [5, 5.41) is 2.73. The molecule has 1 atom stereocenters. The lowest BCUT2D eigenvalue weighted by Crippen LogP contribution is -2.43. The molecule has 1 amide bonds. The van der Waals surface area contributed by atoms with Crippen LogP contribution in [-0.2, 0) is 4.79 Å². The van der Waals surface area contributed by atoms with Gasteiger partial charge in [0, 0.05) is 0 Å². The van der Waals surface area contributed by atoms with Crippen LogP contribution < -0.4 is 5.32 Å². The maximum atomic E-state index is 12.9. The van der Waals surface area contributed by atoms with E-state index >= 15 is 0 Å². The average Bonchev–Trinajstić information content (AvgIpc) is 2.71. The van der Waals surface area contributed by atoms with Crippen molar-refractivity contribution in [3.8, 4) is 0 Å². The molecule has 0 spiro atoms. The third kappa shape index (κ3) is 2.86. The van der Waals surface area contributed by atoms with Crippen LogP contribution in [0, 0.1) is 0 Å². The number of hydrogen-bond donors (Lipinski definition) is 1. The number of carbonyl (C=O) groups is 1. The molecule has 0 radical (unpaired) electrons. The van der Waals surface area contributed by atoms with Crippen LogP contribution in [0.15, 0.2) is 30.3 Å². The van der Waals surface area contributed by atoms with Crippen LogP contribution in [0.25, 0.3) is 0 Å². The molecule has 1 aliphatic heterocycles. The molecule has 0 saturated carbocycles. The molecule has 1 heterocycles. The Labute approximate surface area is 107 Å². The van der Waals surface area contributed by atoms with Crippen LogP contribution in [0.4, 0.5) is 17.6 Å². The van der Waals surface area contributed by atoms with Gasteiger partial charge < -0.3 is 4.90 Å². The number of hydrogen-bond acceptors (Lipinski definition) is 2. The standard InChI is InChI=1S/C12H12F4N2O/c13-11(14)12(15,16)6-18-7-17-9(10(18)19)8-4-2-1-3-5-8/h1-5,9,11,17H,6-7H2. The van der Waals surface area contributed by atoms with Crippen molar-refractivity contribution in [2.24, 2.45) is 0 Å². The number of carbonyl (C=O) groups excluding carboxylic acids is 1. The molecule has 1 aromatic rings. The third-order valence-corrected chi connectivity index (χ3v) is 2.90. The molecule has 1 aliphatic rings. The normalized spacial score (nSPS) is 20.4. The maximum Gasteiger partial charge on any atom is 0.324 e. The van der Waals surface area contributed by atoms with Gasteiger partial charge in [-0.1, -0.05) is 30.3 Å². The number of nitrogens with zero attached hydrogens (tertiary/aromatic N) is 1. The minimum atomic E-state index is -4.19. The topological polar surface area (TPSA) is 32.3 Å². The molecule has 0 bridgehead atoms. The molecule has 1 fully saturated rings. The number of nitrogens with one attached hydrogen (secondary N) is 1. The van der Waals surface area contributed by atoms with Crippen LogP contribution in [0.2, 0.25) is 0 Å². The summed E-state index contributed by atoms with van der Waals surface area (Å²) >= 11 is 0. The molecule has 2 rings (SSSR count). The Hall–Kier alpha value is -1.63. The fourth-order valence-electron chi connectivity index (χ4n) is 1.91. The van der Waals surface area contributed by atoms with Gasteiger partial charge in [-0.25, -0.2) is 8.78 Å². The Morgan fingerprint density at radius 2 is 1.95 bits per heavy atom. The number of halogens is 4. The Bertz CT molecular complexity index is 452. The third-order valence-electron chi connectivity index (χ3n) is 2.90. The summed E-state index contributed by atoms with van der Waals surface area (Å²) in [6.45, 7) is -1.44. The first kappa shape index (κ1) is 13.8. The molecule has 19 heavy (non-hydrogen) atoms. The summed E-state index contributed by atoms with van der Waals surface area (Å²) < 4.78 is 50.1. The molecular weight excluding hydrogens is 264 g/mol. The molecular formula is C12H12F4N2O. The lowest BCUT2D eigenvalue weighted by atomic mass is 10.1. The van der Waals surface area contributed by atoms with Crippen LogP contribution in [0.1, 0.15) is 11.6 Å². The van der Waals surface area contributed by atoms with E-state index in [1.165, 1.54) is 0 Å². The Morgan fingerprint density at radius 3 is 2.53 bits per heavy atom. The zero-order valence-corrected chi connectivity index (χ0v) is 9.82. The van der Waals surface area contributed by atoms with Crippen molar-refractivity contribution in [1.82, 2.24) is 10.2 Å². The van der Waals surface area contributed by atoms with Gasteiger partial charge in [0.2, 0.25) is 5.91 Å². The molecule has 1 unspecified atom stereocenters. The van der Waals surface area contributed by atoms with Crippen molar-refractivity contribution in [2.45, 2.75) is 18.4 Å². The average molecular weight is 276 g/mol. The van der Waals surface area contributed by atoms with Gasteiger partial charge in [0.15, 0.2) is 0 Å². The lowest BCUT2D eigenvalue weighted by Gasteiger charge is -2.22. The first-order valence-corrected chi connectivity index (χ1v) is 5.65. The quantitative estimate of drug-likeness (QED) is 0.853. The fourth-order valence-corrected chi connectivity index (χ4v) is 1.91. The summed E-state index contributed by atoms with van der Waals surface area (Å²) in [6, 6.07) is 7.76. The first-order valence-electron chi connectivity index (χ1n) is 5.65. The van der Waals surface area contributed by atoms with E-state index in [2.05, 4.69) is 5.32 Å². The van der Waals surface area contributed by atoms with Gasteiger partial charge in [0.05, 0.1) is 13.2 Å². The molecule has 0 aromatic heterocycles. The van der Waals surface area contributed by atoms with Gasteiger partial charge in [-0.2, -0.15) is 8.78 Å². The Kier molecular flexibility index (Phi) is 3.75. The summed E-state index contributed by atoms with van der Waals surface area (Å²) in [4.78, 5) is 12.6. The van der Waals surface area contributed by atoms with Crippen LogP contribution in [0.5, 0.6) is 0 Å². The maximum absolute atomic E-state index is 12.9. The first-order chi connectivity index (χ1) is 8.92. The Balaban J connectivity index is 2.07. The zero-order chi connectivity index (χ0) is 14.0. The molecule has 0 aliphatic carbocycles. The second kappa shape index (κ2) is 5.16. The van der Waals surface area contributed by atoms with Crippen LogP contribution >= 0.6 is 0 Å². The van der Waals surface area contributed by atoms with Gasteiger partial charge in [-0.3, -0.25) is 10.1 Å². The van der Waals surface area contributed by atoms with Gasteiger partial charge in [-0.15, -0.1) is 0 Å². The van der Waals surface area contributed by atoms with E-state index in [-0.39, 0.29) is 6.67 Å². The highest BCUT2D eigenvalue weighted by atomic mass is 19.3. The highest BCUT2D eigenvalue weighted by Crippen LogP contribution is 2.27. The van der Waals surface area contributed by atoms with Crippen molar-refractivity contribution >= 4 is 5.91 Å². The minimum absolute atomic E-state index is 0.166. The molecule has 1 N–H and O–H groups in total. The lowest BCUT2D eigenvalue weighted by molar-refractivity contribution is -0.153. The molecule has 1 aromatic carbocycles. The van der Waals surface area contributed by atoms with Crippen molar-refractivity contribution in [3.05, 3.63) is 35.9 Å². The number of amides is 1. The van der Waals surface area contributed by atoms with Crippen LogP contribution in [0.3, 0.4) is 0 Å². The summed E-state index contributed by atoms with van der Waals surface area (Å²) in [5.41, 5.74) is 0.621. The van der Waals surface area contributed by atoms with Gasteiger partial charge in [0.25, 0.3) is 0 Å². The SMILES string of the molecule is O=C1C(c2ccccc2)NCN1CC(F)(F)C(F)F. The monoisotopic (exact) mass is 276 g/mol. The summed E-state index contributed by atoms with van der Waals surface area (Å²) in [6.07, 6.45) is -3.78. The predicted molar refractivity (Wildman–Crippen MR) is 59.8 cm³/mol. The molecule has 1 saturated heterocycles. The van der Waals surface area contributed by atoms with Gasteiger partial charge >= 0.3 is 12.3 Å². The molecule has 104 valence electrons. The highest BCUT2D eigenvalue weighted by Gasteiger charge is 2.45.